The van der Waals surface area contributed by atoms with Gasteiger partial charge in [-0.15, -0.1) is 0 Å². The Kier molecular flexibility index (Phi) is 5.95. The lowest BCUT2D eigenvalue weighted by molar-refractivity contribution is 0.165. The molecule has 0 atom stereocenters. The molecule has 0 fully saturated rings. The van der Waals surface area contributed by atoms with E-state index in [4.69, 9.17) is 5.11 Å². The summed E-state index contributed by atoms with van der Waals surface area (Å²) in [7, 11) is 2.95. The van der Waals surface area contributed by atoms with Crippen molar-refractivity contribution in [3.05, 3.63) is 60.7 Å². The lowest BCUT2D eigenvalue weighted by Crippen LogP contribution is -2.18. The molecule has 0 aliphatic heterocycles. The van der Waals surface area contributed by atoms with Gasteiger partial charge in [-0.3, -0.25) is 0 Å². The normalized spacial score (nSPS) is 8.95. The Morgan fingerprint density at radius 2 is 1.21 bits per heavy atom. The third-order valence-electron chi connectivity index (χ3n) is 2.22. The summed E-state index contributed by atoms with van der Waals surface area (Å²) in [5.74, 6) is 0. The second-order valence-electron chi connectivity index (χ2n) is 4.03. The zero-order valence-electron chi connectivity index (χ0n) is 11.1. The predicted molar refractivity (Wildman–Crippen MR) is 77.9 cm³/mol. The number of nitrogens with one attached hydrogen (secondary N) is 1. The van der Waals surface area contributed by atoms with Crippen molar-refractivity contribution in [2.75, 3.05) is 19.4 Å². The quantitative estimate of drug-likeness (QED) is 0.864. The number of nitrogens with zero attached hydrogens (tertiary/aromatic N) is 1. The fraction of sp³-hybridized carbons (Fsp3) is 0.133. The molecule has 0 unspecified atom stereocenters. The van der Waals surface area contributed by atoms with Gasteiger partial charge >= 0.3 is 6.09 Å². The van der Waals surface area contributed by atoms with E-state index in [1.807, 2.05) is 60.7 Å². The van der Waals surface area contributed by atoms with Gasteiger partial charge in [0, 0.05) is 25.5 Å². The van der Waals surface area contributed by atoms with E-state index < -0.39 is 6.09 Å². The molecule has 0 spiro atoms. The highest BCUT2D eigenvalue weighted by Gasteiger charge is 1.92. The van der Waals surface area contributed by atoms with E-state index in [2.05, 4.69) is 5.32 Å². The maximum absolute atomic E-state index is 9.62. The van der Waals surface area contributed by atoms with E-state index in [0.717, 1.165) is 16.3 Å². The van der Waals surface area contributed by atoms with Crippen molar-refractivity contribution in [2.45, 2.75) is 0 Å². The molecule has 2 aromatic rings. The Bertz CT molecular complexity index is 447. The molecule has 0 aliphatic carbocycles. The Morgan fingerprint density at radius 3 is 1.47 bits per heavy atom. The van der Waals surface area contributed by atoms with Crippen LogP contribution >= 0.6 is 0 Å². The number of para-hydroxylation sites is 2. The highest BCUT2D eigenvalue weighted by Crippen LogP contribution is 2.14. The van der Waals surface area contributed by atoms with Crippen LogP contribution in [-0.2, 0) is 0 Å². The van der Waals surface area contributed by atoms with Crippen LogP contribution in [0.25, 0.3) is 0 Å². The first-order valence-electron chi connectivity index (χ1n) is 5.87. The van der Waals surface area contributed by atoms with Crippen LogP contribution in [0.5, 0.6) is 0 Å². The third kappa shape index (κ3) is 6.12. The summed E-state index contributed by atoms with van der Waals surface area (Å²) in [5, 5.41) is 11.2. The lowest BCUT2D eigenvalue weighted by Gasteiger charge is -2.04. The molecule has 2 aromatic carbocycles. The molecular weight excluding hydrogens is 240 g/mol. The van der Waals surface area contributed by atoms with Crippen LogP contribution in [0.15, 0.2) is 60.7 Å². The van der Waals surface area contributed by atoms with Crippen molar-refractivity contribution in [2.24, 2.45) is 0 Å². The highest BCUT2D eigenvalue weighted by molar-refractivity contribution is 5.63. The van der Waals surface area contributed by atoms with E-state index in [1.54, 1.807) is 0 Å². The van der Waals surface area contributed by atoms with Crippen molar-refractivity contribution in [1.29, 1.82) is 0 Å². The molecular formula is C15H18N2O2. The van der Waals surface area contributed by atoms with E-state index in [9.17, 15) is 4.79 Å². The lowest BCUT2D eigenvalue weighted by atomic mass is 10.3. The monoisotopic (exact) mass is 258 g/mol. The molecule has 2 N–H and O–H groups in total. The van der Waals surface area contributed by atoms with Gasteiger partial charge in [0.25, 0.3) is 0 Å². The van der Waals surface area contributed by atoms with Gasteiger partial charge in [-0.05, 0) is 24.3 Å². The van der Waals surface area contributed by atoms with Crippen LogP contribution in [0, 0.1) is 0 Å². The Labute approximate surface area is 113 Å². The van der Waals surface area contributed by atoms with Gasteiger partial charge in [0.1, 0.15) is 0 Å². The Hall–Kier alpha value is -2.49. The van der Waals surface area contributed by atoms with Crippen LogP contribution in [0.1, 0.15) is 0 Å². The second kappa shape index (κ2) is 7.76. The fourth-order valence-corrected chi connectivity index (χ4v) is 1.21. The second-order valence-corrected chi connectivity index (χ2v) is 4.03. The largest absolute Gasteiger partial charge is 0.465 e. The first-order valence-corrected chi connectivity index (χ1v) is 5.87. The summed E-state index contributed by atoms with van der Waals surface area (Å²) < 4.78 is 0. The summed E-state index contributed by atoms with van der Waals surface area (Å²) in [6, 6.07) is 20.3. The average Bonchev–Trinajstić information content (AvgIpc) is 2.41. The Balaban J connectivity index is 0.000000258. The highest BCUT2D eigenvalue weighted by atomic mass is 16.4. The molecule has 0 aromatic heterocycles. The summed E-state index contributed by atoms with van der Waals surface area (Å²) >= 11 is 0. The molecule has 0 aliphatic rings. The van der Waals surface area contributed by atoms with Gasteiger partial charge < -0.3 is 15.3 Å². The molecule has 0 saturated carbocycles. The van der Waals surface area contributed by atoms with Crippen LogP contribution in [0.4, 0.5) is 16.2 Å². The smallest absolute Gasteiger partial charge is 0.406 e. The van der Waals surface area contributed by atoms with Crippen molar-refractivity contribution < 1.29 is 9.90 Å². The van der Waals surface area contributed by atoms with Crippen LogP contribution in [0.3, 0.4) is 0 Å². The summed E-state index contributed by atoms with van der Waals surface area (Å²) in [6.45, 7) is 0. The molecule has 4 nitrogen and oxygen atoms in total. The number of amides is 1. The SMILES string of the molecule is CN(C)C(=O)O.c1ccc(Nc2ccccc2)cc1. The van der Waals surface area contributed by atoms with Gasteiger partial charge in [0.05, 0.1) is 0 Å². The minimum absolute atomic E-state index is 0.907. The number of hydrogen-bond acceptors (Lipinski definition) is 2. The molecule has 0 radical (unpaired) electrons. The summed E-state index contributed by atoms with van der Waals surface area (Å²) in [5.41, 5.74) is 2.24. The number of anilines is 2. The van der Waals surface area contributed by atoms with E-state index >= 15 is 0 Å². The summed E-state index contributed by atoms with van der Waals surface area (Å²) in [4.78, 5) is 10.7. The van der Waals surface area contributed by atoms with Crippen LogP contribution in [0.2, 0.25) is 0 Å². The number of rotatable bonds is 2. The number of carboxylic acid groups (broad SMARTS) is 1. The molecule has 0 bridgehead atoms. The van der Waals surface area contributed by atoms with E-state index in [-0.39, 0.29) is 0 Å². The van der Waals surface area contributed by atoms with Crippen molar-refractivity contribution >= 4 is 17.5 Å². The van der Waals surface area contributed by atoms with Crippen LogP contribution in [-0.4, -0.2) is 30.2 Å². The van der Waals surface area contributed by atoms with Gasteiger partial charge in [0.15, 0.2) is 0 Å². The molecule has 4 heteroatoms. The average molecular weight is 258 g/mol. The van der Waals surface area contributed by atoms with E-state index in [0.29, 0.717) is 0 Å². The van der Waals surface area contributed by atoms with Gasteiger partial charge in [-0.1, -0.05) is 36.4 Å². The molecule has 0 heterocycles. The number of benzene rings is 2. The number of carbonyl (C=O) groups is 1. The summed E-state index contributed by atoms with van der Waals surface area (Å²) in [6.07, 6.45) is -0.907. The zero-order valence-corrected chi connectivity index (χ0v) is 11.1. The molecule has 0 saturated heterocycles. The van der Waals surface area contributed by atoms with Gasteiger partial charge in [-0.25, -0.2) is 4.79 Å². The number of hydrogen-bond donors (Lipinski definition) is 2. The van der Waals surface area contributed by atoms with Crippen molar-refractivity contribution in [3.63, 3.8) is 0 Å². The maximum Gasteiger partial charge on any atom is 0.406 e. The van der Waals surface area contributed by atoms with Crippen molar-refractivity contribution in [1.82, 2.24) is 4.90 Å². The molecule has 100 valence electrons. The zero-order chi connectivity index (χ0) is 14.1. The minimum Gasteiger partial charge on any atom is -0.465 e. The molecule has 1 amide bonds. The first kappa shape index (κ1) is 14.6. The van der Waals surface area contributed by atoms with Crippen molar-refractivity contribution in [3.8, 4) is 0 Å². The maximum atomic E-state index is 9.62. The molecule has 19 heavy (non-hydrogen) atoms. The first-order chi connectivity index (χ1) is 9.09. The fourth-order valence-electron chi connectivity index (χ4n) is 1.21. The topological polar surface area (TPSA) is 52.6 Å². The van der Waals surface area contributed by atoms with Gasteiger partial charge in [0.2, 0.25) is 0 Å². The predicted octanol–water partition coefficient (Wildman–Crippen LogP) is 3.66. The Morgan fingerprint density at radius 1 is 0.895 bits per heavy atom. The van der Waals surface area contributed by atoms with E-state index in [1.165, 1.54) is 14.1 Å². The third-order valence-corrected chi connectivity index (χ3v) is 2.22. The van der Waals surface area contributed by atoms with Gasteiger partial charge in [-0.2, -0.15) is 0 Å². The molecule has 2 rings (SSSR count). The standard InChI is InChI=1S/C12H11N.C3H7NO2/c1-3-7-11(8-4-1)13-12-9-5-2-6-10-12;1-4(2)3(5)6/h1-10,13H;1-2H3,(H,5,6). The van der Waals surface area contributed by atoms with Crippen LogP contribution < -0.4 is 5.32 Å². The minimum atomic E-state index is -0.907.